The molecular formula is C46H80O3Si. The fraction of sp³-hybridized carbons (Fsp3) is 0.739. The Bertz CT molecular complexity index is 928. The highest BCUT2D eigenvalue weighted by molar-refractivity contribution is 6.32. The van der Waals surface area contributed by atoms with Crippen LogP contribution in [0.25, 0.3) is 0 Å². The van der Waals surface area contributed by atoms with Gasteiger partial charge < -0.3 is 14.3 Å². The zero-order valence-corrected chi connectivity index (χ0v) is 34.7. The van der Waals surface area contributed by atoms with Gasteiger partial charge in [-0.1, -0.05) is 212 Å². The van der Waals surface area contributed by atoms with Crippen molar-refractivity contribution in [2.75, 3.05) is 13.2 Å². The summed E-state index contributed by atoms with van der Waals surface area (Å²) in [5, 5.41) is -0.333. The van der Waals surface area contributed by atoms with Crippen LogP contribution in [0.2, 0.25) is 0 Å². The Morgan fingerprint density at radius 3 is 0.880 bits per heavy atom. The minimum atomic E-state index is -1.35. The van der Waals surface area contributed by atoms with Gasteiger partial charge in [0.1, 0.15) is 11.5 Å². The lowest BCUT2D eigenvalue weighted by atomic mass is 9.91. The van der Waals surface area contributed by atoms with E-state index in [1.807, 2.05) is 0 Å². The van der Waals surface area contributed by atoms with Crippen LogP contribution in [0, 0.1) is 0 Å². The zero-order chi connectivity index (χ0) is 35.8. The van der Waals surface area contributed by atoms with Crippen molar-refractivity contribution in [3.63, 3.8) is 0 Å². The number of benzene rings is 2. The van der Waals surface area contributed by atoms with Crippen LogP contribution in [0.3, 0.4) is 0 Å². The first kappa shape index (κ1) is 44.4. The predicted molar refractivity (Wildman–Crippen MR) is 222 cm³/mol. The van der Waals surface area contributed by atoms with Crippen molar-refractivity contribution in [2.24, 2.45) is 0 Å². The number of hydrogen-bond donors (Lipinski definition) is 1. The van der Waals surface area contributed by atoms with E-state index in [2.05, 4.69) is 69.3 Å². The Balaban J connectivity index is 1.53. The third-order valence-electron chi connectivity index (χ3n) is 10.8. The Morgan fingerprint density at radius 1 is 0.400 bits per heavy atom. The summed E-state index contributed by atoms with van der Waals surface area (Å²) in [6, 6.07) is 16.9. The molecule has 4 heteroatoms. The second kappa shape index (κ2) is 30.8. The molecule has 0 radical (unpaired) electrons. The van der Waals surface area contributed by atoms with Gasteiger partial charge in [0.05, 0.1) is 13.2 Å². The molecule has 2 rings (SSSR count). The lowest BCUT2D eigenvalue weighted by Gasteiger charge is -2.28. The smallest absolute Gasteiger partial charge is 0.171 e. The van der Waals surface area contributed by atoms with Crippen molar-refractivity contribution in [3.8, 4) is 11.5 Å². The standard InChI is InChI=1S/C46H80O3Si/c1-4-6-8-10-12-14-16-18-20-22-24-26-28-30-40-48-44-36-32-42(33-37-44)46(3,50-47)43-34-38-45(39-35-43)49-41-31-29-27-25-23-21-19-17-15-13-11-9-7-5-2/h32-39,47H,4-31,40-41,50H2,1-3H3. The maximum atomic E-state index is 10.6. The topological polar surface area (TPSA) is 38.7 Å². The minimum Gasteiger partial charge on any atom is -0.494 e. The molecule has 0 aliphatic rings. The highest BCUT2D eigenvalue weighted by Crippen LogP contribution is 2.33. The van der Waals surface area contributed by atoms with Crippen molar-refractivity contribution in [2.45, 2.75) is 206 Å². The Kier molecular flexibility index (Phi) is 27.3. The molecule has 0 amide bonds. The van der Waals surface area contributed by atoms with Crippen LogP contribution in [0.1, 0.15) is 212 Å². The summed E-state index contributed by atoms with van der Waals surface area (Å²) in [6.07, 6.45) is 38.4. The van der Waals surface area contributed by atoms with E-state index < -0.39 is 9.76 Å². The van der Waals surface area contributed by atoms with Crippen LogP contribution in [-0.2, 0) is 5.04 Å². The van der Waals surface area contributed by atoms with Crippen LogP contribution in [0.15, 0.2) is 48.5 Å². The van der Waals surface area contributed by atoms with Crippen molar-refractivity contribution in [3.05, 3.63) is 59.7 Å². The Labute approximate surface area is 313 Å². The number of unbranched alkanes of at least 4 members (excludes halogenated alkanes) is 26. The van der Waals surface area contributed by atoms with E-state index in [0.29, 0.717) is 0 Å². The molecule has 0 saturated carbocycles. The molecule has 0 bridgehead atoms. The number of hydrogen-bond acceptors (Lipinski definition) is 3. The molecule has 0 atom stereocenters. The van der Waals surface area contributed by atoms with E-state index >= 15 is 0 Å². The van der Waals surface area contributed by atoms with Crippen molar-refractivity contribution >= 4 is 9.76 Å². The van der Waals surface area contributed by atoms with Gasteiger partial charge in [-0.3, -0.25) is 0 Å². The van der Waals surface area contributed by atoms with E-state index in [9.17, 15) is 4.80 Å². The molecule has 286 valence electrons. The third kappa shape index (κ3) is 20.9. The molecule has 0 saturated heterocycles. The molecule has 0 aliphatic carbocycles. The van der Waals surface area contributed by atoms with Gasteiger partial charge in [0.2, 0.25) is 0 Å². The molecular weight excluding hydrogens is 629 g/mol. The largest absolute Gasteiger partial charge is 0.494 e. The highest BCUT2D eigenvalue weighted by Gasteiger charge is 2.29. The fourth-order valence-corrected chi connectivity index (χ4v) is 8.00. The summed E-state index contributed by atoms with van der Waals surface area (Å²) in [5.74, 6) is 1.86. The molecule has 0 aromatic heterocycles. The third-order valence-corrected chi connectivity index (χ3v) is 12.3. The average molecular weight is 709 g/mol. The number of ether oxygens (including phenoxy) is 2. The van der Waals surface area contributed by atoms with Gasteiger partial charge in [0.25, 0.3) is 0 Å². The molecule has 1 N–H and O–H groups in total. The van der Waals surface area contributed by atoms with Gasteiger partial charge >= 0.3 is 0 Å². The molecule has 3 nitrogen and oxygen atoms in total. The van der Waals surface area contributed by atoms with E-state index in [4.69, 9.17) is 9.47 Å². The average Bonchev–Trinajstić information content (AvgIpc) is 3.15. The zero-order valence-electron chi connectivity index (χ0n) is 33.3. The fourth-order valence-electron chi connectivity index (χ4n) is 7.16. The lowest BCUT2D eigenvalue weighted by Crippen LogP contribution is -2.31. The van der Waals surface area contributed by atoms with E-state index in [0.717, 1.165) is 48.7 Å². The van der Waals surface area contributed by atoms with Crippen molar-refractivity contribution in [1.29, 1.82) is 0 Å². The first-order valence-corrected chi connectivity index (χ1v) is 23.1. The van der Waals surface area contributed by atoms with Gasteiger partial charge in [0.15, 0.2) is 9.76 Å². The van der Waals surface area contributed by atoms with Crippen LogP contribution in [0.5, 0.6) is 11.5 Å². The molecule has 2 aromatic carbocycles. The maximum Gasteiger partial charge on any atom is 0.171 e. The monoisotopic (exact) mass is 709 g/mol. The van der Waals surface area contributed by atoms with E-state index in [1.165, 1.54) is 167 Å². The molecule has 0 aliphatic heterocycles. The molecule has 0 unspecified atom stereocenters. The summed E-state index contributed by atoms with van der Waals surface area (Å²) >= 11 is 0. The predicted octanol–water partition coefficient (Wildman–Crippen LogP) is 13.7. The summed E-state index contributed by atoms with van der Waals surface area (Å²) in [5.41, 5.74) is 2.32. The van der Waals surface area contributed by atoms with E-state index in [-0.39, 0.29) is 5.04 Å². The second-order valence-electron chi connectivity index (χ2n) is 15.4. The molecule has 2 aromatic rings. The molecule has 0 spiro atoms. The normalized spacial score (nSPS) is 11.9. The van der Waals surface area contributed by atoms with Crippen LogP contribution < -0.4 is 9.47 Å². The quantitative estimate of drug-likeness (QED) is 0.0572. The Morgan fingerprint density at radius 2 is 0.640 bits per heavy atom. The first-order chi connectivity index (χ1) is 24.6. The highest BCUT2D eigenvalue weighted by atomic mass is 28.2. The van der Waals surface area contributed by atoms with Crippen LogP contribution >= 0.6 is 0 Å². The molecule has 0 heterocycles. The summed E-state index contributed by atoms with van der Waals surface area (Å²) in [6.45, 7) is 8.32. The summed E-state index contributed by atoms with van der Waals surface area (Å²) in [7, 11) is -1.35. The first-order valence-electron chi connectivity index (χ1n) is 21.7. The molecule has 0 fully saturated rings. The Hall–Kier alpha value is -1.78. The van der Waals surface area contributed by atoms with E-state index in [1.54, 1.807) is 0 Å². The van der Waals surface area contributed by atoms with Crippen molar-refractivity contribution in [1.82, 2.24) is 0 Å². The van der Waals surface area contributed by atoms with Gasteiger partial charge in [-0.05, 0) is 48.2 Å². The summed E-state index contributed by atoms with van der Waals surface area (Å²) < 4.78 is 12.1. The van der Waals surface area contributed by atoms with Gasteiger partial charge in [-0.2, -0.15) is 0 Å². The van der Waals surface area contributed by atoms with Gasteiger partial charge in [0, 0.05) is 5.04 Å². The summed E-state index contributed by atoms with van der Waals surface area (Å²) in [4.78, 5) is 10.6. The van der Waals surface area contributed by atoms with Crippen LogP contribution in [-0.4, -0.2) is 27.8 Å². The molecule has 50 heavy (non-hydrogen) atoms. The number of rotatable bonds is 35. The second-order valence-corrected chi connectivity index (χ2v) is 17.2. The SMILES string of the molecule is CCCCCCCCCCCCCCCCOc1ccc(C(C)([SiH2]O)c2ccc(OCCCCCCCCCCCCCCCC)cc2)cc1. The van der Waals surface area contributed by atoms with Gasteiger partial charge in [-0.25, -0.2) is 0 Å². The van der Waals surface area contributed by atoms with Crippen molar-refractivity contribution < 1.29 is 14.3 Å². The van der Waals surface area contributed by atoms with Crippen LogP contribution in [0.4, 0.5) is 0 Å². The maximum absolute atomic E-state index is 10.6. The van der Waals surface area contributed by atoms with Gasteiger partial charge in [-0.15, -0.1) is 0 Å². The lowest BCUT2D eigenvalue weighted by molar-refractivity contribution is 0.304. The minimum absolute atomic E-state index is 0.333.